The van der Waals surface area contributed by atoms with E-state index < -0.39 is 0 Å². The van der Waals surface area contributed by atoms with Gasteiger partial charge in [0.05, 0.1) is 22.5 Å². The molecule has 2 heterocycles. The molecule has 1 aliphatic heterocycles. The number of anilines is 1. The molecule has 0 radical (unpaired) electrons. The van der Waals surface area contributed by atoms with E-state index in [1.807, 2.05) is 26.0 Å². The van der Waals surface area contributed by atoms with E-state index in [1.54, 1.807) is 12.1 Å². The first-order valence-electron chi connectivity index (χ1n) is 12.5. The number of nitrogens with one attached hydrogen (secondary N) is 4. The van der Waals surface area contributed by atoms with Crippen molar-refractivity contribution in [1.29, 1.82) is 0 Å². The van der Waals surface area contributed by atoms with Crippen LogP contribution in [0.2, 0.25) is 0 Å². The second-order valence-corrected chi connectivity index (χ2v) is 9.40. The van der Waals surface area contributed by atoms with Gasteiger partial charge in [-0.2, -0.15) is 0 Å². The number of allylic oxidation sites excluding steroid dienone is 3. The van der Waals surface area contributed by atoms with Gasteiger partial charge in [0.25, 0.3) is 11.8 Å². The zero-order chi connectivity index (χ0) is 26.5. The first kappa shape index (κ1) is 25.8. The first-order chi connectivity index (χ1) is 17.7. The highest BCUT2D eigenvalue weighted by molar-refractivity contribution is 6.35. The van der Waals surface area contributed by atoms with Crippen molar-refractivity contribution >= 4 is 35.1 Å². The van der Waals surface area contributed by atoms with E-state index in [0.29, 0.717) is 58.1 Å². The minimum atomic E-state index is -0.262. The van der Waals surface area contributed by atoms with Gasteiger partial charge in [-0.15, -0.1) is 0 Å². The van der Waals surface area contributed by atoms with Crippen LogP contribution in [0.1, 0.15) is 71.4 Å². The molecule has 2 aliphatic rings. The molecule has 0 fully saturated rings. The highest BCUT2D eigenvalue weighted by atomic mass is 16.3. The average molecular weight is 504 g/mol. The number of benzene rings is 1. The van der Waals surface area contributed by atoms with E-state index in [0.717, 1.165) is 37.7 Å². The lowest BCUT2D eigenvalue weighted by atomic mass is 10.0. The molecule has 0 spiro atoms. The van der Waals surface area contributed by atoms with Crippen LogP contribution < -0.4 is 21.7 Å². The number of H-pyrrole nitrogens is 1. The van der Waals surface area contributed by atoms with Crippen LogP contribution in [0.5, 0.6) is 5.75 Å². The molecular weight excluding hydrogens is 470 g/mol. The molecule has 37 heavy (non-hydrogen) atoms. The van der Waals surface area contributed by atoms with Crippen LogP contribution in [0.25, 0.3) is 11.6 Å². The summed E-state index contributed by atoms with van der Waals surface area (Å²) >= 11 is 0. The van der Waals surface area contributed by atoms with Crippen LogP contribution in [-0.4, -0.2) is 34.4 Å². The molecule has 3 amide bonds. The molecule has 0 unspecified atom stereocenters. The van der Waals surface area contributed by atoms with Crippen LogP contribution in [0.4, 0.5) is 5.69 Å². The van der Waals surface area contributed by atoms with Crippen molar-refractivity contribution in [2.24, 2.45) is 5.73 Å². The predicted octanol–water partition coefficient (Wildman–Crippen LogP) is 3.76. The van der Waals surface area contributed by atoms with Crippen LogP contribution in [0.15, 0.2) is 41.7 Å². The van der Waals surface area contributed by atoms with E-state index in [1.165, 1.54) is 12.1 Å². The lowest BCUT2D eigenvalue weighted by molar-refractivity contribution is -0.120. The van der Waals surface area contributed by atoms with Crippen molar-refractivity contribution in [1.82, 2.24) is 15.6 Å². The van der Waals surface area contributed by atoms with Crippen LogP contribution in [0, 0.1) is 13.8 Å². The largest absolute Gasteiger partial charge is 0.508 e. The molecule has 194 valence electrons. The molecule has 1 aromatic carbocycles. The summed E-state index contributed by atoms with van der Waals surface area (Å²) < 4.78 is 0. The second-order valence-electron chi connectivity index (χ2n) is 9.40. The number of rotatable bonds is 9. The second kappa shape index (κ2) is 11.2. The van der Waals surface area contributed by atoms with Gasteiger partial charge in [0.1, 0.15) is 5.75 Å². The number of phenols is 1. The highest BCUT2D eigenvalue weighted by Gasteiger charge is 2.26. The monoisotopic (exact) mass is 503 g/mol. The molecule has 7 N–H and O–H groups in total. The van der Waals surface area contributed by atoms with Gasteiger partial charge < -0.3 is 31.8 Å². The summed E-state index contributed by atoms with van der Waals surface area (Å²) in [5.41, 5.74) is 11.8. The minimum absolute atomic E-state index is 0.0517. The number of aromatic amines is 1. The summed E-state index contributed by atoms with van der Waals surface area (Å²) in [6.45, 7) is 4.17. The molecule has 9 heteroatoms. The van der Waals surface area contributed by atoms with Crippen molar-refractivity contribution in [3.8, 4) is 5.75 Å². The zero-order valence-corrected chi connectivity index (χ0v) is 21.2. The Labute approximate surface area is 215 Å². The maximum absolute atomic E-state index is 12.9. The van der Waals surface area contributed by atoms with Gasteiger partial charge in [-0.05, 0) is 69.4 Å². The number of fused-ring (bicyclic) bond motifs is 1. The minimum Gasteiger partial charge on any atom is -0.508 e. The summed E-state index contributed by atoms with van der Waals surface area (Å²) in [7, 11) is 0. The zero-order valence-electron chi connectivity index (χ0n) is 21.2. The standard InChI is InChI=1S/C28H33N5O4/c1-16-23(15-20-19-12-11-18(34)14-24(19)33-27(20)36)31-17(2)26(16)28(37)30-13-7-3-4-10-25(35)32-22-9-6-5-8-21(22)29/h6,9,11-12,14-15,31,34H,3-5,7-8,10,13,29H2,1-2H3,(H,30,37)(H,32,35)(H,33,36)/b20-15-. The lowest BCUT2D eigenvalue weighted by Gasteiger charge is -2.13. The molecule has 2 aromatic rings. The molecule has 0 saturated carbocycles. The Bertz CT molecular complexity index is 1330. The van der Waals surface area contributed by atoms with Gasteiger partial charge in [-0.1, -0.05) is 12.5 Å². The molecule has 1 aliphatic carbocycles. The molecule has 0 bridgehead atoms. The van der Waals surface area contributed by atoms with Gasteiger partial charge in [0, 0.05) is 41.7 Å². The summed E-state index contributed by atoms with van der Waals surface area (Å²) in [5.74, 6) is -0.415. The number of aromatic nitrogens is 1. The number of carbonyl (C=O) groups excluding carboxylic acids is 3. The third-order valence-corrected chi connectivity index (χ3v) is 6.63. The molecule has 9 nitrogen and oxygen atoms in total. The third kappa shape index (κ3) is 5.94. The first-order valence-corrected chi connectivity index (χ1v) is 12.5. The van der Waals surface area contributed by atoms with Gasteiger partial charge in [-0.3, -0.25) is 14.4 Å². The van der Waals surface area contributed by atoms with E-state index in [4.69, 9.17) is 5.73 Å². The number of amides is 3. The van der Waals surface area contributed by atoms with Gasteiger partial charge in [0.15, 0.2) is 0 Å². The van der Waals surface area contributed by atoms with Crippen molar-refractivity contribution in [3.05, 3.63) is 69.8 Å². The predicted molar refractivity (Wildman–Crippen MR) is 143 cm³/mol. The Morgan fingerprint density at radius 3 is 2.78 bits per heavy atom. The Balaban J connectivity index is 1.28. The Kier molecular flexibility index (Phi) is 7.81. The molecule has 0 saturated heterocycles. The summed E-state index contributed by atoms with van der Waals surface area (Å²) in [6, 6.07) is 4.73. The molecule has 4 rings (SSSR count). The van der Waals surface area contributed by atoms with Gasteiger partial charge in [-0.25, -0.2) is 0 Å². The molecule has 0 atom stereocenters. The Morgan fingerprint density at radius 1 is 1.19 bits per heavy atom. The number of nitrogens with two attached hydrogens (primary N) is 1. The number of aryl methyl sites for hydroxylation is 1. The SMILES string of the molecule is Cc1[nH]c(/C=C2\C(=O)Nc3cc(O)ccc32)c(C)c1C(=O)NCCCCCC(=O)NC1=C(N)CCC=C1. The molecule has 1 aromatic heterocycles. The fourth-order valence-corrected chi connectivity index (χ4v) is 4.62. The normalized spacial score (nSPS) is 15.6. The number of aromatic hydroxyl groups is 1. The van der Waals surface area contributed by atoms with Crippen LogP contribution in [0.3, 0.4) is 0 Å². The van der Waals surface area contributed by atoms with Crippen molar-refractivity contribution in [2.45, 2.75) is 52.4 Å². The fraction of sp³-hybridized carbons (Fsp3) is 0.321. The van der Waals surface area contributed by atoms with Crippen LogP contribution in [-0.2, 0) is 9.59 Å². The smallest absolute Gasteiger partial charge is 0.256 e. The number of unbranched alkanes of at least 4 members (excludes halogenated alkanes) is 2. The van der Waals surface area contributed by atoms with Gasteiger partial charge >= 0.3 is 0 Å². The van der Waals surface area contributed by atoms with E-state index in [2.05, 4.69) is 20.9 Å². The third-order valence-electron chi connectivity index (χ3n) is 6.63. The quantitative estimate of drug-likeness (QED) is 0.228. The van der Waals surface area contributed by atoms with E-state index >= 15 is 0 Å². The maximum atomic E-state index is 12.9. The van der Waals surface area contributed by atoms with E-state index in [-0.39, 0.29) is 23.5 Å². The number of phenolic OH excluding ortho intramolecular Hbond substituents is 1. The summed E-state index contributed by atoms with van der Waals surface area (Å²) in [6.07, 6.45) is 9.94. The number of hydrogen-bond acceptors (Lipinski definition) is 5. The fourth-order valence-electron chi connectivity index (χ4n) is 4.62. The van der Waals surface area contributed by atoms with E-state index in [9.17, 15) is 19.5 Å². The Morgan fingerprint density at radius 2 is 2.00 bits per heavy atom. The Hall–Kier alpha value is -4.27. The summed E-state index contributed by atoms with van der Waals surface area (Å²) in [5, 5.41) is 18.2. The lowest BCUT2D eigenvalue weighted by Crippen LogP contribution is -2.26. The average Bonchev–Trinajstić information content (AvgIpc) is 3.31. The van der Waals surface area contributed by atoms with Crippen molar-refractivity contribution in [2.75, 3.05) is 11.9 Å². The highest BCUT2D eigenvalue weighted by Crippen LogP contribution is 2.36. The summed E-state index contributed by atoms with van der Waals surface area (Å²) in [4.78, 5) is 40.7. The van der Waals surface area contributed by atoms with Gasteiger partial charge in [0.2, 0.25) is 5.91 Å². The topological polar surface area (TPSA) is 149 Å². The maximum Gasteiger partial charge on any atom is 0.256 e. The number of hydrogen-bond donors (Lipinski definition) is 6. The van der Waals surface area contributed by atoms with Crippen LogP contribution >= 0.6 is 0 Å². The molecular formula is C28H33N5O4. The number of carbonyl (C=O) groups is 3. The van der Waals surface area contributed by atoms with Crippen molar-refractivity contribution < 1.29 is 19.5 Å². The van der Waals surface area contributed by atoms with Crippen molar-refractivity contribution in [3.63, 3.8) is 0 Å².